The SMILES string of the molecule is CN1C=C(c2ccc(-c3cc(-c4ccc5ccccc5c4)c4cc(-c5ccc6ccccc6c5)c5ccccc5c4n3)cc2)C=CC1. The van der Waals surface area contributed by atoms with E-state index in [1.807, 2.05) is 0 Å². The van der Waals surface area contributed by atoms with E-state index in [2.05, 4.69) is 176 Å². The Hall–Kier alpha value is -5.99. The smallest absolute Gasteiger partial charge is 0.0794 e. The van der Waals surface area contributed by atoms with Gasteiger partial charge in [0.25, 0.3) is 0 Å². The molecule has 2 nitrogen and oxygen atoms in total. The summed E-state index contributed by atoms with van der Waals surface area (Å²) in [6, 6.07) is 53.0. The molecule has 8 aromatic rings. The molecule has 7 aromatic carbocycles. The summed E-state index contributed by atoms with van der Waals surface area (Å²) in [4.78, 5) is 7.63. The van der Waals surface area contributed by atoms with E-state index in [-0.39, 0.29) is 0 Å². The van der Waals surface area contributed by atoms with Crippen molar-refractivity contribution in [2.45, 2.75) is 0 Å². The van der Waals surface area contributed by atoms with Crippen LogP contribution in [0.3, 0.4) is 0 Å². The number of rotatable bonds is 4. The predicted molar refractivity (Wildman–Crippen MR) is 200 cm³/mol. The predicted octanol–water partition coefficient (Wildman–Crippen LogP) is 11.5. The van der Waals surface area contributed by atoms with Crippen molar-refractivity contribution in [3.05, 3.63) is 170 Å². The fraction of sp³-hybridized carbons (Fsp3) is 0.0444. The highest BCUT2D eigenvalue weighted by atomic mass is 15.1. The standard InChI is InChI=1S/C45H32N2/c1-47-24-8-13-38(29-47)32-16-20-33(21-17-32)44-28-42(37-23-19-31-10-3-5-12-35(31)26-37)43-27-41(39-14-6-7-15-40(39)45(43)46-44)36-22-18-30-9-2-4-11-34(30)25-36/h2-23,25-29H,24H2,1H3. The fourth-order valence-electron chi connectivity index (χ4n) is 7.08. The molecule has 1 aromatic heterocycles. The Bertz CT molecular complexity index is 2550. The normalized spacial score (nSPS) is 13.1. The summed E-state index contributed by atoms with van der Waals surface area (Å²) in [5.41, 5.74) is 10.3. The number of benzene rings is 7. The molecule has 0 saturated heterocycles. The first kappa shape index (κ1) is 27.3. The summed E-state index contributed by atoms with van der Waals surface area (Å²) in [7, 11) is 2.11. The van der Waals surface area contributed by atoms with Crippen molar-refractivity contribution in [3.8, 4) is 33.5 Å². The highest BCUT2D eigenvalue weighted by molar-refractivity contribution is 6.16. The molecule has 0 atom stereocenters. The number of pyridine rings is 1. The zero-order valence-electron chi connectivity index (χ0n) is 26.2. The lowest BCUT2D eigenvalue weighted by molar-refractivity contribution is 0.507. The van der Waals surface area contributed by atoms with Crippen LogP contribution in [-0.4, -0.2) is 23.5 Å². The van der Waals surface area contributed by atoms with Crippen LogP contribution in [-0.2, 0) is 0 Å². The second-order valence-corrected chi connectivity index (χ2v) is 12.5. The molecule has 9 rings (SSSR count). The van der Waals surface area contributed by atoms with Gasteiger partial charge in [-0.3, -0.25) is 0 Å². The van der Waals surface area contributed by atoms with Crippen molar-refractivity contribution in [2.75, 3.05) is 13.6 Å². The molecule has 0 radical (unpaired) electrons. The van der Waals surface area contributed by atoms with Gasteiger partial charge >= 0.3 is 0 Å². The third-order valence-corrected chi connectivity index (χ3v) is 9.50. The largest absolute Gasteiger partial charge is 0.376 e. The van der Waals surface area contributed by atoms with Gasteiger partial charge in [-0.1, -0.05) is 133 Å². The highest BCUT2D eigenvalue weighted by Gasteiger charge is 2.17. The Kier molecular flexibility index (Phi) is 6.46. The number of fused-ring (bicyclic) bond motifs is 5. The van der Waals surface area contributed by atoms with E-state index in [1.165, 1.54) is 60.3 Å². The average Bonchev–Trinajstić information content (AvgIpc) is 3.14. The first-order valence-electron chi connectivity index (χ1n) is 16.2. The minimum atomic E-state index is 0.941. The number of nitrogens with zero attached hydrogens (tertiary/aromatic N) is 2. The number of likely N-dealkylation sites (N-methyl/N-ethyl adjacent to an activating group) is 1. The molecule has 0 N–H and O–H groups in total. The van der Waals surface area contributed by atoms with Gasteiger partial charge in [0.05, 0.1) is 11.2 Å². The van der Waals surface area contributed by atoms with Gasteiger partial charge in [0, 0.05) is 36.1 Å². The minimum Gasteiger partial charge on any atom is -0.376 e. The molecule has 0 saturated carbocycles. The number of allylic oxidation sites excluding steroid dienone is 2. The van der Waals surface area contributed by atoms with Gasteiger partial charge in [-0.2, -0.15) is 0 Å². The molecule has 0 unspecified atom stereocenters. The first-order chi connectivity index (χ1) is 23.2. The lowest BCUT2D eigenvalue weighted by Crippen LogP contribution is -2.13. The Balaban J connectivity index is 1.30. The summed E-state index contributed by atoms with van der Waals surface area (Å²) in [6.45, 7) is 0.941. The molecule has 222 valence electrons. The average molecular weight is 601 g/mol. The van der Waals surface area contributed by atoms with E-state index in [1.54, 1.807) is 0 Å². The number of aromatic nitrogens is 1. The molecule has 2 heterocycles. The summed E-state index contributed by atoms with van der Waals surface area (Å²) < 4.78 is 0. The van der Waals surface area contributed by atoms with Gasteiger partial charge in [-0.15, -0.1) is 0 Å². The van der Waals surface area contributed by atoms with Crippen molar-refractivity contribution in [2.24, 2.45) is 0 Å². The highest BCUT2D eigenvalue weighted by Crippen LogP contribution is 2.41. The van der Waals surface area contributed by atoms with Crippen molar-refractivity contribution in [1.29, 1.82) is 0 Å². The minimum absolute atomic E-state index is 0.941. The summed E-state index contributed by atoms with van der Waals surface area (Å²) >= 11 is 0. The van der Waals surface area contributed by atoms with E-state index in [0.29, 0.717) is 0 Å². The monoisotopic (exact) mass is 600 g/mol. The van der Waals surface area contributed by atoms with Crippen LogP contribution in [0.25, 0.3) is 82.3 Å². The maximum atomic E-state index is 5.42. The van der Waals surface area contributed by atoms with E-state index in [4.69, 9.17) is 4.98 Å². The van der Waals surface area contributed by atoms with Crippen molar-refractivity contribution in [3.63, 3.8) is 0 Å². The lowest BCUT2D eigenvalue weighted by atomic mass is 9.90. The van der Waals surface area contributed by atoms with Gasteiger partial charge in [-0.05, 0) is 84.6 Å². The van der Waals surface area contributed by atoms with Gasteiger partial charge in [0.15, 0.2) is 0 Å². The van der Waals surface area contributed by atoms with Gasteiger partial charge in [0.2, 0.25) is 0 Å². The molecular formula is C45H32N2. The summed E-state index contributed by atoms with van der Waals surface area (Å²) in [6.07, 6.45) is 6.63. The fourth-order valence-corrected chi connectivity index (χ4v) is 7.08. The molecule has 0 aliphatic carbocycles. The third-order valence-electron chi connectivity index (χ3n) is 9.50. The van der Waals surface area contributed by atoms with Crippen LogP contribution < -0.4 is 0 Å². The van der Waals surface area contributed by atoms with E-state index < -0.39 is 0 Å². The second kappa shape index (κ2) is 11.1. The zero-order valence-corrected chi connectivity index (χ0v) is 26.2. The molecule has 0 spiro atoms. The summed E-state index contributed by atoms with van der Waals surface area (Å²) in [5, 5.41) is 8.49. The van der Waals surface area contributed by atoms with Crippen LogP contribution >= 0.6 is 0 Å². The quantitative estimate of drug-likeness (QED) is 0.187. The van der Waals surface area contributed by atoms with Crippen molar-refractivity contribution in [1.82, 2.24) is 9.88 Å². The Morgan fingerprint density at radius 3 is 1.70 bits per heavy atom. The zero-order chi connectivity index (χ0) is 31.3. The third kappa shape index (κ3) is 4.86. The summed E-state index contributed by atoms with van der Waals surface area (Å²) in [5.74, 6) is 0. The van der Waals surface area contributed by atoms with Crippen LogP contribution in [0.1, 0.15) is 5.56 Å². The van der Waals surface area contributed by atoms with Crippen LogP contribution in [0, 0.1) is 0 Å². The van der Waals surface area contributed by atoms with Gasteiger partial charge in [-0.25, -0.2) is 4.98 Å². The van der Waals surface area contributed by atoms with Crippen LogP contribution in [0.15, 0.2) is 164 Å². The van der Waals surface area contributed by atoms with E-state index in [0.717, 1.165) is 34.1 Å². The lowest BCUT2D eigenvalue weighted by Gasteiger charge is -2.18. The van der Waals surface area contributed by atoms with Gasteiger partial charge < -0.3 is 4.90 Å². The Labute approximate surface area is 274 Å². The van der Waals surface area contributed by atoms with Crippen LogP contribution in [0.2, 0.25) is 0 Å². The molecule has 2 heteroatoms. The number of hydrogen-bond acceptors (Lipinski definition) is 2. The molecule has 1 aliphatic rings. The molecule has 0 fully saturated rings. The second-order valence-electron chi connectivity index (χ2n) is 12.5. The van der Waals surface area contributed by atoms with Crippen LogP contribution in [0.5, 0.6) is 0 Å². The van der Waals surface area contributed by atoms with E-state index >= 15 is 0 Å². The molecule has 0 bridgehead atoms. The molecule has 47 heavy (non-hydrogen) atoms. The Morgan fingerprint density at radius 2 is 1.04 bits per heavy atom. The molecular weight excluding hydrogens is 569 g/mol. The molecule has 0 amide bonds. The maximum absolute atomic E-state index is 5.42. The van der Waals surface area contributed by atoms with E-state index in [9.17, 15) is 0 Å². The molecule has 1 aliphatic heterocycles. The topological polar surface area (TPSA) is 16.1 Å². The maximum Gasteiger partial charge on any atom is 0.0794 e. The Morgan fingerprint density at radius 1 is 0.489 bits per heavy atom. The van der Waals surface area contributed by atoms with Crippen LogP contribution in [0.4, 0.5) is 0 Å². The van der Waals surface area contributed by atoms with Crippen molar-refractivity contribution < 1.29 is 0 Å². The first-order valence-corrected chi connectivity index (χ1v) is 16.2. The van der Waals surface area contributed by atoms with Crippen molar-refractivity contribution >= 4 is 48.8 Å². The number of hydrogen-bond donors (Lipinski definition) is 0. The van der Waals surface area contributed by atoms with Gasteiger partial charge in [0.1, 0.15) is 0 Å².